The summed E-state index contributed by atoms with van der Waals surface area (Å²) in [7, 11) is 0. The standard InChI is InChI=1S/C52H34N2O/c1-3-13-35(14-4-1)37-17-11-20-42(31-37)53(43-29-30-51-46(34-43)45-21-9-10-24-50(45)55-51)41-27-25-36(26-28-41)44-22-12-23-48-52(44)47-32-38-15-7-8-16-39(38)33-49(47)54(48)40-18-5-2-6-19-40/h1-34H. The number of nitrogens with zero attached hydrogens (tertiary/aromatic N) is 2. The summed E-state index contributed by atoms with van der Waals surface area (Å²) >= 11 is 0. The van der Waals surface area contributed by atoms with Gasteiger partial charge in [-0.15, -0.1) is 0 Å². The third kappa shape index (κ3) is 5.20. The Morgan fingerprint density at radius 2 is 1.02 bits per heavy atom. The third-order valence-corrected chi connectivity index (χ3v) is 10.9. The first kappa shape index (κ1) is 31.2. The number of rotatable bonds is 6. The summed E-state index contributed by atoms with van der Waals surface area (Å²) in [6.07, 6.45) is 0. The van der Waals surface area contributed by atoms with Crippen molar-refractivity contribution in [3.63, 3.8) is 0 Å². The number of hydrogen-bond donors (Lipinski definition) is 0. The van der Waals surface area contributed by atoms with Crippen LogP contribution in [-0.4, -0.2) is 4.57 Å². The van der Waals surface area contributed by atoms with Crippen LogP contribution in [-0.2, 0) is 0 Å². The van der Waals surface area contributed by atoms with E-state index in [1.807, 2.05) is 12.1 Å². The maximum atomic E-state index is 6.24. The van der Waals surface area contributed by atoms with Gasteiger partial charge in [0.25, 0.3) is 0 Å². The fourth-order valence-corrected chi connectivity index (χ4v) is 8.39. The Kier molecular flexibility index (Phi) is 7.17. The third-order valence-electron chi connectivity index (χ3n) is 10.9. The molecule has 258 valence electrons. The first-order chi connectivity index (χ1) is 27.3. The van der Waals surface area contributed by atoms with Crippen LogP contribution in [0.15, 0.2) is 211 Å². The minimum absolute atomic E-state index is 0.883. The molecule has 3 nitrogen and oxygen atoms in total. The summed E-state index contributed by atoms with van der Waals surface area (Å²) in [5.41, 5.74) is 13.3. The molecule has 0 spiro atoms. The number of aromatic nitrogens is 1. The van der Waals surface area contributed by atoms with Gasteiger partial charge in [0.1, 0.15) is 11.2 Å². The van der Waals surface area contributed by atoms with Crippen molar-refractivity contribution in [1.29, 1.82) is 0 Å². The van der Waals surface area contributed by atoms with Gasteiger partial charge in [-0.2, -0.15) is 0 Å². The van der Waals surface area contributed by atoms with E-state index in [1.165, 1.54) is 54.8 Å². The van der Waals surface area contributed by atoms with Crippen LogP contribution in [0.3, 0.4) is 0 Å². The lowest BCUT2D eigenvalue weighted by molar-refractivity contribution is 0.669. The van der Waals surface area contributed by atoms with Gasteiger partial charge in [0, 0.05) is 44.3 Å². The molecule has 2 heterocycles. The minimum atomic E-state index is 0.883. The lowest BCUT2D eigenvalue weighted by atomic mass is 9.98. The minimum Gasteiger partial charge on any atom is -0.456 e. The van der Waals surface area contributed by atoms with Crippen molar-refractivity contribution in [2.75, 3.05) is 4.90 Å². The topological polar surface area (TPSA) is 21.3 Å². The molecule has 0 aliphatic heterocycles. The number of furan rings is 1. The molecular weight excluding hydrogens is 669 g/mol. The van der Waals surface area contributed by atoms with Crippen molar-refractivity contribution in [3.05, 3.63) is 206 Å². The van der Waals surface area contributed by atoms with Crippen molar-refractivity contribution < 1.29 is 4.42 Å². The van der Waals surface area contributed by atoms with Gasteiger partial charge in [-0.1, -0.05) is 127 Å². The molecule has 11 aromatic rings. The zero-order valence-electron chi connectivity index (χ0n) is 29.9. The van der Waals surface area contributed by atoms with Crippen LogP contribution in [0.1, 0.15) is 0 Å². The molecule has 9 aromatic carbocycles. The SMILES string of the molecule is c1ccc(-c2cccc(N(c3ccc(-c4cccc5c4c4cc6ccccc6cc4n5-c4ccccc4)cc3)c3ccc4oc5ccccc5c4c3)c2)cc1. The number of fused-ring (bicyclic) bond motifs is 7. The summed E-state index contributed by atoms with van der Waals surface area (Å²) in [5, 5.41) is 7.19. The Balaban J connectivity index is 1.09. The van der Waals surface area contributed by atoms with Crippen molar-refractivity contribution in [3.8, 4) is 27.9 Å². The van der Waals surface area contributed by atoms with E-state index in [1.54, 1.807) is 0 Å². The van der Waals surface area contributed by atoms with Gasteiger partial charge < -0.3 is 13.9 Å². The molecule has 0 bridgehead atoms. The van der Waals surface area contributed by atoms with Crippen molar-refractivity contribution in [1.82, 2.24) is 4.57 Å². The molecule has 0 saturated carbocycles. The Morgan fingerprint density at radius 3 is 1.85 bits per heavy atom. The highest BCUT2D eigenvalue weighted by molar-refractivity contribution is 6.18. The maximum absolute atomic E-state index is 6.24. The lowest BCUT2D eigenvalue weighted by Gasteiger charge is -2.26. The summed E-state index contributed by atoms with van der Waals surface area (Å²) in [6.45, 7) is 0. The van der Waals surface area contributed by atoms with Crippen LogP contribution in [0.2, 0.25) is 0 Å². The predicted octanol–water partition coefficient (Wildman–Crippen LogP) is 14.6. The lowest BCUT2D eigenvalue weighted by Crippen LogP contribution is -2.10. The van der Waals surface area contributed by atoms with Gasteiger partial charge in [-0.25, -0.2) is 0 Å². The molecule has 0 atom stereocenters. The molecule has 0 radical (unpaired) electrons. The molecular formula is C52H34N2O. The summed E-state index contributed by atoms with van der Waals surface area (Å²) in [6, 6.07) is 74.0. The van der Waals surface area contributed by atoms with E-state index >= 15 is 0 Å². The molecule has 2 aromatic heterocycles. The molecule has 11 rings (SSSR count). The Morgan fingerprint density at radius 1 is 0.364 bits per heavy atom. The van der Waals surface area contributed by atoms with Gasteiger partial charge in [-0.3, -0.25) is 0 Å². The first-order valence-electron chi connectivity index (χ1n) is 18.8. The smallest absolute Gasteiger partial charge is 0.135 e. The van der Waals surface area contributed by atoms with Gasteiger partial charge in [0.2, 0.25) is 0 Å². The van der Waals surface area contributed by atoms with E-state index in [4.69, 9.17) is 4.42 Å². The fraction of sp³-hybridized carbons (Fsp3) is 0. The van der Waals surface area contributed by atoms with E-state index in [0.29, 0.717) is 0 Å². The van der Waals surface area contributed by atoms with Gasteiger partial charge in [0.05, 0.1) is 11.0 Å². The molecule has 0 aliphatic rings. The van der Waals surface area contributed by atoms with Crippen LogP contribution >= 0.6 is 0 Å². The number of para-hydroxylation sites is 2. The fourth-order valence-electron chi connectivity index (χ4n) is 8.39. The molecule has 55 heavy (non-hydrogen) atoms. The molecule has 3 heteroatoms. The average Bonchev–Trinajstić information content (AvgIpc) is 3.79. The van der Waals surface area contributed by atoms with Gasteiger partial charge >= 0.3 is 0 Å². The second-order valence-corrected chi connectivity index (χ2v) is 14.2. The molecule has 0 N–H and O–H groups in total. The first-order valence-corrected chi connectivity index (χ1v) is 18.8. The summed E-state index contributed by atoms with van der Waals surface area (Å²) in [5.74, 6) is 0. The van der Waals surface area contributed by atoms with Crippen molar-refractivity contribution in [2.24, 2.45) is 0 Å². The van der Waals surface area contributed by atoms with Crippen LogP contribution in [0.25, 0.3) is 82.5 Å². The van der Waals surface area contributed by atoms with E-state index in [-0.39, 0.29) is 0 Å². The van der Waals surface area contributed by atoms with Crippen LogP contribution in [0.4, 0.5) is 17.1 Å². The van der Waals surface area contributed by atoms with E-state index in [9.17, 15) is 0 Å². The second-order valence-electron chi connectivity index (χ2n) is 14.2. The average molecular weight is 703 g/mol. The Labute approximate surface area is 318 Å². The number of anilines is 3. The molecule has 0 aliphatic carbocycles. The number of benzene rings is 9. The summed E-state index contributed by atoms with van der Waals surface area (Å²) < 4.78 is 8.65. The van der Waals surface area contributed by atoms with Crippen LogP contribution < -0.4 is 4.90 Å². The number of hydrogen-bond acceptors (Lipinski definition) is 2. The zero-order chi connectivity index (χ0) is 36.3. The summed E-state index contributed by atoms with van der Waals surface area (Å²) in [4.78, 5) is 2.35. The van der Waals surface area contributed by atoms with E-state index in [0.717, 1.165) is 44.7 Å². The van der Waals surface area contributed by atoms with Gasteiger partial charge in [0.15, 0.2) is 0 Å². The zero-order valence-corrected chi connectivity index (χ0v) is 29.9. The molecule has 0 amide bonds. The highest BCUT2D eigenvalue weighted by Crippen LogP contribution is 2.43. The predicted molar refractivity (Wildman–Crippen MR) is 231 cm³/mol. The Bertz CT molecular complexity index is 3190. The van der Waals surface area contributed by atoms with E-state index < -0.39 is 0 Å². The monoisotopic (exact) mass is 702 g/mol. The van der Waals surface area contributed by atoms with E-state index in [2.05, 4.69) is 204 Å². The highest BCUT2D eigenvalue weighted by atomic mass is 16.3. The maximum Gasteiger partial charge on any atom is 0.135 e. The van der Waals surface area contributed by atoms with Crippen molar-refractivity contribution in [2.45, 2.75) is 0 Å². The quantitative estimate of drug-likeness (QED) is 0.172. The Hall–Kier alpha value is -7.36. The second kappa shape index (κ2) is 12.6. The van der Waals surface area contributed by atoms with Crippen LogP contribution in [0, 0.1) is 0 Å². The normalized spacial score (nSPS) is 11.6. The highest BCUT2D eigenvalue weighted by Gasteiger charge is 2.19. The van der Waals surface area contributed by atoms with Crippen LogP contribution in [0.5, 0.6) is 0 Å². The molecule has 0 unspecified atom stereocenters. The largest absolute Gasteiger partial charge is 0.456 e. The molecule has 0 fully saturated rings. The van der Waals surface area contributed by atoms with Gasteiger partial charge in [-0.05, 0) is 112 Å². The van der Waals surface area contributed by atoms with Crippen molar-refractivity contribution >= 4 is 71.6 Å². The molecule has 0 saturated heterocycles.